The van der Waals surface area contributed by atoms with Gasteiger partial charge in [0.1, 0.15) is 0 Å². The zero-order chi connectivity index (χ0) is 14.5. The van der Waals surface area contributed by atoms with Crippen LogP contribution in [-0.4, -0.2) is 37.1 Å². The van der Waals surface area contributed by atoms with E-state index in [1.807, 2.05) is 0 Å². The van der Waals surface area contributed by atoms with Crippen molar-refractivity contribution in [3.05, 3.63) is 0 Å². The van der Waals surface area contributed by atoms with E-state index in [1.54, 1.807) is 0 Å². The van der Waals surface area contributed by atoms with Gasteiger partial charge in [-0.15, -0.1) is 0 Å². The first-order chi connectivity index (χ1) is 8.92. The van der Waals surface area contributed by atoms with E-state index in [9.17, 15) is 0 Å². The predicted molar refractivity (Wildman–Crippen MR) is 85.6 cm³/mol. The van der Waals surface area contributed by atoms with E-state index in [-0.39, 0.29) is 0 Å². The summed E-state index contributed by atoms with van der Waals surface area (Å²) in [5, 5.41) is 3.76. The molecule has 0 heterocycles. The Hall–Kier alpha value is -0.0800. The summed E-state index contributed by atoms with van der Waals surface area (Å²) in [6, 6.07) is 1.52. The van der Waals surface area contributed by atoms with Gasteiger partial charge < -0.3 is 10.2 Å². The molecule has 0 amide bonds. The predicted octanol–water partition coefficient (Wildman–Crippen LogP) is 3.91. The fourth-order valence-corrected chi connectivity index (χ4v) is 2.97. The Morgan fingerprint density at radius 1 is 1.16 bits per heavy atom. The Labute approximate surface area is 121 Å². The van der Waals surface area contributed by atoms with Crippen molar-refractivity contribution in [2.75, 3.05) is 20.1 Å². The molecule has 19 heavy (non-hydrogen) atoms. The molecule has 114 valence electrons. The van der Waals surface area contributed by atoms with Crippen LogP contribution in [0.4, 0.5) is 0 Å². The second-order valence-electron chi connectivity index (χ2n) is 7.26. The average Bonchev–Trinajstić information content (AvgIpc) is 3.17. The van der Waals surface area contributed by atoms with Gasteiger partial charge >= 0.3 is 0 Å². The van der Waals surface area contributed by atoms with Crippen LogP contribution in [0.2, 0.25) is 0 Å². The van der Waals surface area contributed by atoms with E-state index < -0.39 is 0 Å². The van der Waals surface area contributed by atoms with Crippen LogP contribution in [0.25, 0.3) is 0 Å². The van der Waals surface area contributed by atoms with Crippen LogP contribution < -0.4 is 5.32 Å². The molecule has 1 aliphatic rings. The second-order valence-corrected chi connectivity index (χ2v) is 7.26. The van der Waals surface area contributed by atoms with Gasteiger partial charge in [0.25, 0.3) is 0 Å². The van der Waals surface area contributed by atoms with Crippen molar-refractivity contribution in [3.63, 3.8) is 0 Å². The van der Waals surface area contributed by atoms with Crippen molar-refractivity contribution in [3.8, 4) is 0 Å². The van der Waals surface area contributed by atoms with Gasteiger partial charge in [0.05, 0.1) is 0 Å². The summed E-state index contributed by atoms with van der Waals surface area (Å²) in [5.74, 6) is 0.791. The molecule has 0 radical (unpaired) electrons. The Bertz CT molecular complexity index is 242. The minimum Gasteiger partial charge on any atom is -0.313 e. The molecule has 0 spiro atoms. The van der Waals surface area contributed by atoms with Crippen LogP contribution in [0.1, 0.15) is 66.7 Å². The molecule has 0 aromatic rings. The molecule has 1 rings (SSSR count). The van der Waals surface area contributed by atoms with E-state index in [0.29, 0.717) is 11.5 Å². The summed E-state index contributed by atoms with van der Waals surface area (Å²) < 4.78 is 0. The smallest absolute Gasteiger partial charge is 0.00684 e. The first-order valence-corrected chi connectivity index (χ1v) is 8.36. The third-order valence-electron chi connectivity index (χ3n) is 4.99. The number of hydrogen-bond donors (Lipinski definition) is 1. The monoisotopic (exact) mass is 268 g/mol. The van der Waals surface area contributed by atoms with Crippen LogP contribution in [0.15, 0.2) is 0 Å². The molecule has 0 bridgehead atoms. The number of rotatable bonds is 10. The number of nitrogens with zero attached hydrogens (tertiary/aromatic N) is 1. The maximum Gasteiger partial charge on any atom is 0.00684 e. The third-order valence-corrected chi connectivity index (χ3v) is 4.99. The number of hydrogen-bond acceptors (Lipinski definition) is 2. The van der Waals surface area contributed by atoms with Gasteiger partial charge in [-0.1, -0.05) is 27.7 Å². The van der Waals surface area contributed by atoms with Crippen LogP contribution in [0.3, 0.4) is 0 Å². The summed E-state index contributed by atoms with van der Waals surface area (Å²) >= 11 is 0. The third kappa shape index (κ3) is 5.83. The maximum absolute atomic E-state index is 3.76. The Kier molecular flexibility index (Phi) is 6.82. The highest BCUT2D eigenvalue weighted by Gasteiger charge is 2.31. The molecule has 2 nitrogen and oxygen atoms in total. The quantitative estimate of drug-likeness (QED) is 0.646. The van der Waals surface area contributed by atoms with Crippen molar-refractivity contribution in [1.82, 2.24) is 10.2 Å². The molecule has 0 aromatic heterocycles. The molecule has 0 aromatic carbocycles. The highest BCUT2D eigenvalue weighted by molar-refractivity contribution is 4.88. The highest BCUT2D eigenvalue weighted by Crippen LogP contribution is 2.30. The number of nitrogens with one attached hydrogen (secondary N) is 1. The molecular weight excluding hydrogens is 232 g/mol. The van der Waals surface area contributed by atoms with E-state index in [0.717, 1.165) is 12.0 Å². The lowest BCUT2D eigenvalue weighted by atomic mass is 9.81. The average molecular weight is 268 g/mol. The van der Waals surface area contributed by atoms with Crippen LogP contribution in [0, 0.1) is 11.3 Å². The van der Waals surface area contributed by atoms with Crippen molar-refractivity contribution in [2.45, 2.75) is 78.8 Å². The minimum atomic E-state index is 0.461. The van der Waals surface area contributed by atoms with E-state index in [1.165, 1.54) is 45.2 Å². The highest BCUT2D eigenvalue weighted by atomic mass is 15.1. The Morgan fingerprint density at radius 2 is 1.74 bits per heavy atom. The molecule has 2 heteroatoms. The molecule has 1 atom stereocenters. The van der Waals surface area contributed by atoms with Crippen LogP contribution >= 0.6 is 0 Å². The molecular formula is C17H36N2. The molecule has 1 unspecified atom stereocenters. The first-order valence-electron chi connectivity index (χ1n) is 8.36. The molecule has 1 fully saturated rings. The lowest BCUT2D eigenvalue weighted by Crippen LogP contribution is -2.45. The molecule has 1 saturated carbocycles. The van der Waals surface area contributed by atoms with Crippen molar-refractivity contribution in [1.29, 1.82) is 0 Å². The van der Waals surface area contributed by atoms with Gasteiger partial charge in [-0.2, -0.15) is 0 Å². The minimum absolute atomic E-state index is 0.461. The molecule has 1 N–H and O–H groups in total. The normalized spacial score (nSPS) is 18.3. The van der Waals surface area contributed by atoms with Gasteiger partial charge in [0.15, 0.2) is 0 Å². The van der Waals surface area contributed by atoms with Gasteiger partial charge in [0.2, 0.25) is 0 Å². The summed E-state index contributed by atoms with van der Waals surface area (Å²) in [6.07, 6.45) is 6.65. The SMILES string of the molecule is CCC(CC)(CNC1CC1)CN(C)C(C)CC(C)C. The van der Waals surface area contributed by atoms with Crippen molar-refractivity contribution >= 4 is 0 Å². The lowest BCUT2D eigenvalue weighted by Gasteiger charge is -2.39. The maximum atomic E-state index is 3.76. The van der Waals surface area contributed by atoms with Crippen molar-refractivity contribution < 1.29 is 0 Å². The Morgan fingerprint density at radius 3 is 2.16 bits per heavy atom. The Balaban J connectivity index is 2.49. The zero-order valence-corrected chi connectivity index (χ0v) is 14.1. The topological polar surface area (TPSA) is 15.3 Å². The molecule has 0 saturated heterocycles. The first kappa shape index (κ1) is 17.0. The molecule has 1 aliphatic carbocycles. The summed E-state index contributed by atoms with van der Waals surface area (Å²) in [4.78, 5) is 2.58. The second kappa shape index (κ2) is 7.64. The fraction of sp³-hybridized carbons (Fsp3) is 1.00. The van der Waals surface area contributed by atoms with Gasteiger partial charge in [0, 0.05) is 25.2 Å². The summed E-state index contributed by atoms with van der Waals surface area (Å²) in [7, 11) is 2.31. The molecule has 0 aliphatic heterocycles. The fourth-order valence-electron chi connectivity index (χ4n) is 2.97. The van der Waals surface area contributed by atoms with E-state index in [2.05, 4.69) is 51.9 Å². The van der Waals surface area contributed by atoms with E-state index >= 15 is 0 Å². The van der Waals surface area contributed by atoms with Crippen molar-refractivity contribution in [2.24, 2.45) is 11.3 Å². The van der Waals surface area contributed by atoms with Gasteiger partial charge in [-0.05, 0) is 57.4 Å². The van der Waals surface area contributed by atoms with Gasteiger partial charge in [-0.3, -0.25) is 0 Å². The summed E-state index contributed by atoms with van der Waals surface area (Å²) in [5.41, 5.74) is 0.461. The van der Waals surface area contributed by atoms with E-state index in [4.69, 9.17) is 0 Å². The van der Waals surface area contributed by atoms with Crippen LogP contribution in [-0.2, 0) is 0 Å². The lowest BCUT2D eigenvalue weighted by molar-refractivity contribution is 0.118. The van der Waals surface area contributed by atoms with Gasteiger partial charge in [-0.25, -0.2) is 0 Å². The largest absolute Gasteiger partial charge is 0.313 e. The summed E-state index contributed by atoms with van der Waals surface area (Å²) in [6.45, 7) is 14.2. The van der Waals surface area contributed by atoms with Crippen LogP contribution in [0.5, 0.6) is 0 Å². The standard InChI is InChI=1S/C17H36N2/c1-7-17(8-2,12-18-16-9-10-16)13-19(6)15(5)11-14(3)4/h14-16,18H,7-13H2,1-6H3. The zero-order valence-electron chi connectivity index (χ0n) is 14.1.